The van der Waals surface area contributed by atoms with Crippen molar-refractivity contribution in [3.8, 4) is 5.75 Å². The molecule has 0 aliphatic carbocycles. The summed E-state index contributed by atoms with van der Waals surface area (Å²) in [5.74, 6) is -2.77. The Bertz CT molecular complexity index is 303. The van der Waals surface area contributed by atoms with E-state index in [1.807, 2.05) is 13.8 Å². The van der Waals surface area contributed by atoms with Crippen LogP contribution >= 0.6 is 0 Å². The smallest absolute Gasteiger partial charge is 0.187 e. The average Bonchev–Trinajstić information content (AvgIpc) is 2.10. The van der Waals surface area contributed by atoms with Crippen molar-refractivity contribution in [1.29, 1.82) is 0 Å². The first-order chi connectivity index (χ1) is 6.50. The summed E-state index contributed by atoms with van der Waals surface area (Å²) in [5.41, 5.74) is 0.478. The molecule has 14 heavy (non-hydrogen) atoms. The molecule has 0 atom stereocenters. The van der Waals surface area contributed by atoms with Crippen LogP contribution in [0.15, 0.2) is 12.1 Å². The van der Waals surface area contributed by atoms with E-state index in [4.69, 9.17) is 5.11 Å². The van der Waals surface area contributed by atoms with Gasteiger partial charge < -0.3 is 10.4 Å². The monoisotopic (exact) mass is 201 g/mol. The van der Waals surface area contributed by atoms with Crippen molar-refractivity contribution in [3.05, 3.63) is 29.3 Å². The zero-order valence-corrected chi connectivity index (χ0v) is 8.14. The maximum absolute atomic E-state index is 12.8. The van der Waals surface area contributed by atoms with Gasteiger partial charge in [0.05, 0.1) is 0 Å². The van der Waals surface area contributed by atoms with Crippen molar-refractivity contribution in [1.82, 2.24) is 5.32 Å². The Morgan fingerprint density at radius 2 is 1.79 bits per heavy atom. The van der Waals surface area contributed by atoms with Crippen LogP contribution in [0.5, 0.6) is 5.75 Å². The van der Waals surface area contributed by atoms with Crippen molar-refractivity contribution < 1.29 is 13.9 Å². The lowest BCUT2D eigenvalue weighted by Crippen LogP contribution is -2.21. The fourth-order valence-corrected chi connectivity index (χ4v) is 1.04. The van der Waals surface area contributed by atoms with Crippen LogP contribution in [0.4, 0.5) is 8.78 Å². The minimum atomic E-state index is -0.925. The van der Waals surface area contributed by atoms with E-state index >= 15 is 0 Å². The summed E-state index contributed by atoms with van der Waals surface area (Å²) in [6.45, 7) is 4.26. The van der Waals surface area contributed by atoms with Crippen LogP contribution in [-0.2, 0) is 6.54 Å². The summed E-state index contributed by atoms with van der Waals surface area (Å²) in [6, 6.07) is 2.48. The van der Waals surface area contributed by atoms with Crippen LogP contribution in [0.25, 0.3) is 0 Å². The molecule has 0 unspecified atom stereocenters. The molecule has 0 bridgehead atoms. The number of phenolic OH excluding ortho intramolecular Hbond substituents is 1. The lowest BCUT2D eigenvalue weighted by molar-refractivity contribution is 0.394. The molecule has 0 spiro atoms. The first-order valence-electron chi connectivity index (χ1n) is 4.41. The van der Waals surface area contributed by atoms with E-state index in [1.54, 1.807) is 0 Å². The molecule has 0 aliphatic rings. The largest absolute Gasteiger partial charge is 0.503 e. The van der Waals surface area contributed by atoms with Gasteiger partial charge >= 0.3 is 0 Å². The molecule has 0 amide bonds. The van der Waals surface area contributed by atoms with Gasteiger partial charge in [-0.25, -0.2) is 8.78 Å². The molecule has 2 nitrogen and oxygen atoms in total. The molecular formula is C10H13F2NO. The molecule has 1 aromatic rings. The van der Waals surface area contributed by atoms with Gasteiger partial charge in [0.2, 0.25) is 0 Å². The zero-order valence-electron chi connectivity index (χ0n) is 8.14. The molecule has 0 aliphatic heterocycles. The number of aromatic hydroxyl groups is 1. The van der Waals surface area contributed by atoms with E-state index in [9.17, 15) is 8.78 Å². The first kappa shape index (κ1) is 10.9. The average molecular weight is 201 g/mol. The molecule has 78 valence electrons. The summed E-state index contributed by atoms with van der Waals surface area (Å²) >= 11 is 0. The molecule has 0 fully saturated rings. The van der Waals surface area contributed by atoms with Gasteiger partial charge in [-0.3, -0.25) is 0 Å². The quantitative estimate of drug-likeness (QED) is 0.785. The topological polar surface area (TPSA) is 32.3 Å². The summed E-state index contributed by atoms with van der Waals surface area (Å²) in [6.07, 6.45) is 0. The molecule has 4 heteroatoms. The maximum Gasteiger partial charge on any atom is 0.187 e. The van der Waals surface area contributed by atoms with E-state index < -0.39 is 17.4 Å². The van der Waals surface area contributed by atoms with Gasteiger partial charge in [-0.1, -0.05) is 13.8 Å². The molecule has 0 radical (unpaired) electrons. The van der Waals surface area contributed by atoms with Crippen LogP contribution in [0.1, 0.15) is 19.4 Å². The van der Waals surface area contributed by atoms with Gasteiger partial charge in [0.1, 0.15) is 0 Å². The Hall–Kier alpha value is -1.16. The SMILES string of the molecule is CC(C)NCc1cc(F)c(O)c(F)c1. The van der Waals surface area contributed by atoms with Crippen LogP contribution in [0.2, 0.25) is 0 Å². The Morgan fingerprint density at radius 3 is 2.21 bits per heavy atom. The summed E-state index contributed by atoms with van der Waals surface area (Å²) in [5, 5.41) is 11.9. The maximum atomic E-state index is 12.8. The van der Waals surface area contributed by atoms with E-state index in [1.165, 1.54) is 0 Å². The molecule has 0 saturated heterocycles. The van der Waals surface area contributed by atoms with E-state index in [0.29, 0.717) is 12.1 Å². The summed E-state index contributed by atoms with van der Waals surface area (Å²) < 4.78 is 25.7. The molecule has 2 N–H and O–H groups in total. The van der Waals surface area contributed by atoms with Crippen molar-refractivity contribution in [2.45, 2.75) is 26.4 Å². The summed E-state index contributed by atoms with van der Waals surface area (Å²) in [4.78, 5) is 0. The highest BCUT2D eigenvalue weighted by Gasteiger charge is 2.09. The van der Waals surface area contributed by atoms with E-state index in [-0.39, 0.29) is 6.04 Å². The number of halogens is 2. The third kappa shape index (κ3) is 2.67. The zero-order chi connectivity index (χ0) is 10.7. The van der Waals surface area contributed by atoms with Crippen molar-refractivity contribution in [2.75, 3.05) is 0 Å². The number of benzene rings is 1. The van der Waals surface area contributed by atoms with Crippen LogP contribution in [0.3, 0.4) is 0 Å². The van der Waals surface area contributed by atoms with Gasteiger partial charge in [0.25, 0.3) is 0 Å². The standard InChI is InChI=1S/C10H13F2NO/c1-6(2)13-5-7-3-8(11)10(14)9(12)4-7/h3-4,6,13-14H,5H2,1-2H3. The lowest BCUT2D eigenvalue weighted by atomic mass is 10.2. The Balaban J connectivity index is 2.79. The molecule has 1 rings (SSSR count). The minimum Gasteiger partial charge on any atom is -0.503 e. The molecule has 0 aromatic heterocycles. The highest BCUT2D eigenvalue weighted by molar-refractivity contribution is 5.29. The molecule has 0 heterocycles. The van der Waals surface area contributed by atoms with Crippen LogP contribution < -0.4 is 5.32 Å². The second-order valence-electron chi connectivity index (χ2n) is 3.44. The Morgan fingerprint density at radius 1 is 1.29 bits per heavy atom. The molecule has 1 aromatic carbocycles. The van der Waals surface area contributed by atoms with Crippen LogP contribution in [-0.4, -0.2) is 11.1 Å². The van der Waals surface area contributed by atoms with Crippen molar-refractivity contribution in [3.63, 3.8) is 0 Å². The van der Waals surface area contributed by atoms with Gasteiger partial charge in [-0.2, -0.15) is 0 Å². The lowest BCUT2D eigenvalue weighted by Gasteiger charge is -2.08. The van der Waals surface area contributed by atoms with Gasteiger partial charge in [-0.15, -0.1) is 0 Å². The minimum absolute atomic E-state index is 0.245. The fourth-order valence-electron chi connectivity index (χ4n) is 1.04. The second kappa shape index (κ2) is 4.37. The third-order valence-corrected chi connectivity index (χ3v) is 1.79. The number of phenols is 1. The van der Waals surface area contributed by atoms with E-state index in [2.05, 4.69) is 5.32 Å². The predicted molar refractivity (Wildman–Crippen MR) is 50.0 cm³/mol. The molecule has 0 saturated carbocycles. The Kier molecular flexibility index (Phi) is 3.41. The first-order valence-corrected chi connectivity index (χ1v) is 4.41. The molecular weight excluding hydrogens is 188 g/mol. The number of hydrogen-bond acceptors (Lipinski definition) is 2. The Labute approximate surface area is 81.6 Å². The van der Waals surface area contributed by atoms with Crippen LogP contribution in [0, 0.1) is 11.6 Å². The van der Waals surface area contributed by atoms with E-state index in [0.717, 1.165) is 12.1 Å². The van der Waals surface area contributed by atoms with Crippen molar-refractivity contribution >= 4 is 0 Å². The van der Waals surface area contributed by atoms with Crippen molar-refractivity contribution in [2.24, 2.45) is 0 Å². The second-order valence-corrected chi connectivity index (χ2v) is 3.44. The third-order valence-electron chi connectivity index (χ3n) is 1.79. The highest BCUT2D eigenvalue weighted by atomic mass is 19.1. The predicted octanol–water partition coefficient (Wildman–Crippen LogP) is 2.17. The van der Waals surface area contributed by atoms with Gasteiger partial charge in [0.15, 0.2) is 17.4 Å². The van der Waals surface area contributed by atoms with Gasteiger partial charge in [0, 0.05) is 12.6 Å². The normalized spacial score (nSPS) is 10.9. The highest BCUT2D eigenvalue weighted by Crippen LogP contribution is 2.21. The fraction of sp³-hybridized carbons (Fsp3) is 0.400. The summed E-state index contributed by atoms with van der Waals surface area (Å²) in [7, 11) is 0. The van der Waals surface area contributed by atoms with Gasteiger partial charge in [-0.05, 0) is 17.7 Å². The number of hydrogen-bond donors (Lipinski definition) is 2. The number of nitrogens with one attached hydrogen (secondary N) is 1. The number of rotatable bonds is 3.